The molecule has 4 heteroatoms. The van der Waals surface area contributed by atoms with E-state index < -0.39 is 0 Å². The van der Waals surface area contributed by atoms with Crippen molar-refractivity contribution in [3.8, 4) is 5.75 Å². The molecule has 2 aliphatic rings. The Morgan fingerprint density at radius 3 is 3.05 bits per heavy atom. The number of hydrogen-bond acceptors (Lipinski definition) is 2. The normalized spacial score (nSPS) is 26.5. The van der Waals surface area contributed by atoms with Crippen molar-refractivity contribution in [2.24, 2.45) is 5.92 Å². The van der Waals surface area contributed by atoms with E-state index in [2.05, 4.69) is 0 Å². The number of alkyl halides is 1. The third kappa shape index (κ3) is 2.71. The van der Waals surface area contributed by atoms with Crippen LogP contribution in [0.5, 0.6) is 5.75 Å². The number of ether oxygens (including phenoxy) is 1. The zero-order valence-electron chi connectivity index (χ0n) is 10.8. The molecular weight excluding hydrogens is 262 g/mol. The monoisotopic (exact) mass is 279 g/mol. The second-order valence-electron chi connectivity index (χ2n) is 5.34. The molecule has 2 unspecified atom stereocenters. The molecule has 0 aromatic heterocycles. The Bertz CT molecular complexity index is 477. The summed E-state index contributed by atoms with van der Waals surface area (Å²) in [5.41, 5.74) is 1.13. The maximum Gasteiger partial charge on any atom is 0.229 e. The van der Waals surface area contributed by atoms with Crippen molar-refractivity contribution in [2.75, 3.05) is 19.7 Å². The number of rotatable bonds is 1. The highest BCUT2D eigenvalue weighted by atomic mass is 35.5. The van der Waals surface area contributed by atoms with Crippen LogP contribution in [-0.4, -0.2) is 35.9 Å². The summed E-state index contributed by atoms with van der Waals surface area (Å²) in [6.07, 6.45) is 2.79. The Morgan fingerprint density at radius 1 is 1.37 bits per heavy atom. The van der Waals surface area contributed by atoms with Gasteiger partial charge in [-0.25, -0.2) is 0 Å². The number of amides is 1. The van der Waals surface area contributed by atoms with Crippen LogP contribution in [0.1, 0.15) is 18.4 Å². The van der Waals surface area contributed by atoms with Gasteiger partial charge in [0.15, 0.2) is 0 Å². The SMILES string of the molecule is O=C(C1COc2ccccc2C1)N1CCCC(Cl)C1. The van der Waals surface area contributed by atoms with Gasteiger partial charge < -0.3 is 9.64 Å². The summed E-state index contributed by atoms with van der Waals surface area (Å²) >= 11 is 6.15. The summed E-state index contributed by atoms with van der Waals surface area (Å²) in [6.45, 7) is 2.00. The van der Waals surface area contributed by atoms with Crippen molar-refractivity contribution in [3.05, 3.63) is 29.8 Å². The van der Waals surface area contributed by atoms with E-state index in [0.29, 0.717) is 13.2 Å². The van der Waals surface area contributed by atoms with E-state index >= 15 is 0 Å². The van der Waals surface area contributed by atoms with E-state index in [-0.39, 0.29) is 17.2 Å². The fourth-order valence-electron chi connectivity index (χ4n) is 2.87. The number of carbonyl (C=O) groups is 1. The first kappa shape index (κ1) is 12.8. The second kappa shape index (κ2) is 5.41. The molecule has 0 aliphatic carbocycles. The Kier molecular flexibility index (Phi) is 3.65. The number of para-hydroxylation sites is 1. The minimum Gasteiger partial charge on any atom is -0.492 e. The highest BCUT2D eigenvalue weighted by Crippen LogP contribution is 2.28. The number of hydrogen-bond donors (Lipinski definition) is 0. The Labute approximate surface area is 118 Å². The smallest absolute Gasteiger partial charge is 0.229 e. The molecule has 102 valence electrons. The second-order valence-corrected chi connectivity index (χ2v) is 5.96. The van der Waals surface area contributed by atoms with Gasteiger partial charge in [-0.3, -0.25) is 4.79 Å². The quantitative estimate of drug-likeness (QED) is 0.739. The molecule has 0 spiro atoms. The number of halogens is 1. The van der Waals surface area contributed by atoms with Crippen molar-refractivity contribution < 1.29 is 9.53 Å². The minimum atomic E-state index is -0.0585. The summed E-state index contributed by atoms with van der Waals surface area (Å²) < 4.78 is 5.69. The van der Waals surface area contributed by atoms with Crippen LogP contribution >= 0.6 is 11.6 Å². The first-order valence-electron chi connectivity index (χ1n) is 6.87. The van der Waals surface area contributed by atoms with E-state index in [9.17, 15) is 4.79 Å². The Morgan fingerprint density at radius 2 is 2.21 bits per heavy atom. The van der Waals surface area contributed by atoms with Crippen LogP contribution < -0.4 is 4.74 Å². The summed E-state index contributed by atoms with van der Waals surface area (Å²) in [7, 11) is 0. The number of benzene rings is 1. The maximum absolute atomic E-state index is 12.5. The number of carbonyl (C=O) groups excluding carboxylic acids is 1. The van der Waals surface area contributed by atoms with Gasteiger partial charge in [-0.15, -0.1) is 11.6 Å². The molecule has 0 radical (unpaired) electrons. The molecule has 1 aromatic rings. The van der Waals surface area contributed by atoms with Crippen molar-refractivity contribution in [2.45, 2.75) is 24.6 Å². The molecule has 1 amide bonds. The lowest BCUT2D eigenvalue weighted by Crippen LogP contribution is -2.46. The lowest BCUT2D eigenvalue weighted by atomic mass is 9.95. The fourth-order valence-corrected chi connectivity index (χ4v) is 3.19. The summed E-state index contributed by atoms with van der Waals surface area (Å²) in [5, 5.41) is 0.106. The lowest BCUT2D eigenvalue weighted by Gasteiger charge is -2.34. The van der Waals surface area contributed by atoms with Crippen LogP contribution in [0.3, 0.4) is 0 Å². The molecule has 19 heavy (non-hydrogen) atoms. The van der Waals surface area contributed by atoms with Crippen molar-refractivity contribution in [1.29, 1.82) is 0 Å². The van der Waals surface area contributed by atoms with Crippen LogP contribution in [0.15, 0.2) is 24.3 Å². The largest absolute Gasteiger partial charge is 0.492 e. The third-order valence-corrected chi connectivity index (χ3v) is 4.26. The van der Waals surface area contributed by atoms with E-state index in [1.54, 1.807) is 0 Å². The number of likely N-dealkylation sites (tertiary alicyclic amines) is 1. The topological polar surface area (TPSA) is 29.5 Å². The molecule has 3 rings (SSSR count). The van der Waals surface area contributed by atoms with Gasteiger partial charge in [-0.2, -0.15) is 0 Å². The first-order valence-corrected chi connectivity index (χ1v) is 7.31. The molecule has 0 bridgehead atoms. The standard InChI is InChI=1S/C15H18ClNO2/c16-13-5-3-7-17(9-13)15(18)12-8-11-4-1-2-6-14(11)19-10-12/h1-2,4,6,12-13H,3,5,7-10H2. The average molecular weight is 280 g/mol. The van der Waals surface area contributed by atoms with Gasteiger partial charge in [0, 0.05) is 13.1 Å². The van der Waals surface area contributed by atoms with E-state index in [1.807, 2.05) is 29.2 Å². The van der Waals surface area contributed by atoms with Gasteiger partial charge >= 0.3 is 0 Å². The van der Waals surface area contributed by atoms with Gasteiger partial charge in [0.25, 0.3) is 0 Å². The molecule has 1 aromatic carbocycles. The van der Waals surface area contributed by atoms with Crippen LogP contribution in [0.4, 0.5) is 0 Å². The zero-order valence-corrected chi connectivity index (χ0v) is 11.6. The molecule has 3 nitrogen and oxygen atoms in total. The highest BCUT2D eigenvalue weighted by molar-refractivity contribution is 6.20. The van der Waals surface area contributed by atoms with Crippen molar-refractivity contribution in [3.63, 3.8) is 0 Å². The van der Waals surface area contributed by atoms with Crippen LogP contribution in [0.2, 0.25) is 0 Å². The predicted octanol–water partition coefficient (Wildman–Crippen LogP) is 2.47. The van der Waals surface area contributed by atoms with Gasteiger partial charge in [-0.1, -0.05) is 18.2 Å². The third-order valence-electron chi connectivity index (χ3n) is 3.90. The van der Waals surface area contributed by atoms with E-state index in [0.717, 1.165) is 37.1 Å². The van der Waals surface area contributed by atoms with Crippen molar-refractivity contribution >= 4 is 17.5 Å². The number of piperidine rings is 1. The molecule has 2 atom stereocenters. The molecule has 2 heterocycles. The van der Waals surface area contributed by atoms with Crippen molar-refractivity contribution in [1.82, 2.24) is 4.90 Å². The van der Waals surface area contributed by atoms with Gasteiger partial charge in [0.05, 0.1) is 11.3 Å². The van der Waals surface area contributed by atoms with Gasteiger partial charge in [-0.05, 0) is 30.9 Å². The molecule has 0 saturated carbocycles. The summed E-state index contributed by atoms with van der Waals surface area (Å²) in [4.78, 5) is 14.4. The predicted molar refractivity (Wildman–Crippen MR) is 74.6 cm³/mol. The molecule has 1 saturated heterocycles. The van der Waals surface area contributed by atoms with Gasteiger partial charge in [0.1, 0.15) is 12.4 Å². The Balaban J connectivity index is 1.69. The highest BCUT2D eigenvalue weighted by Gasteiger charge is 2.31. The number of nitrogens with zero attached hydrogens (tertiary/aromatic N) is 1. The molecule has 2 aliphatic heterocycles. The number of fused-ring (bicyclic) bond motifs is 1. The van der Waals surface area contributed by atoms with Gasteiger partial charge in [0.2, 0.25) is 5.91 Å². The summed E-state index contributed by atoms with van der Waals surface area (Å²) in [5.74, 6) is 1.05. The molecule has 0 N–H and O–H groups in total. The molecule has 1 fully saturated rings. The minimum absolute atomic E-state index is 0.0585. The summed E-state index contributed by atoms with van der Waals surface area (Å²) in [6, 6.07) is 7.95. The Hall–Kier alpha value is -1.22. The van der Waals surface area contributed by atoms with E-state index in [1.165, 1.54) is 0 Å². The molecular formula is C15H18ClNO2. The van der Waals surface area contributed by atoms with Crippen LogP contribution in [-0.2, 0) is 11.2 Å². The fraction of sp³-hybridized carbons (Fsp3) is 0.533. The zero-order chi connectivity index (χ0) is 13.2. The maximum atomic E-state index is 12.5. The van der Waals surface area contributed by atoms with E-state index in [4.69, 9.17) is 16.3 Å². The average Bonchev–Trinajstić information content (AvgIpc) is 2.46. The lowest BCUT2D eigenvalue weighted by molar-refractivity contribution is -0.137. The van der Waals surface area contributed by atoms with Crippen LogP contribution in [0, 0.1) is 5.92 Å². The first-order chi connectivity index (χ1) is 9.24. The van der Waals surface area contributed by atoms with Crippen LogP contribution in [0.25, 0.3) is 0 Å².